The van der Waals surface area contributed by atoms with Gasteiger partial charge in [0.05, 0.1) is 12.3 Å². The molecule has 0 atom stereocenters. The predicted octanol–water partition coefficient (Wildman–Crippen LogP) is 4.66. The zero-order chi connectivity index (χ0) is 18.4. The third-order valence-corrected chi connectivity index (χ3v) is 6.56. The lowest BCUT2D eigenvalue weighted by molar-refractivity contribution is -0.127. The number of nitrogens with zero attached hydrogens (tertiary/aromatic N) is 3. The summed E-state index contributed by atoms with van der Waals surface area (Å²) in [6.45, 7) is 2.78. The molecular formula is C18H20N4OS3. The molecule has 0 aliphatic heterocycles. The maximum absolute atomic E-state index is 12.3. The van der Waals surface area contributed by atoms with Gasteiger partial charge in [0.2, 0.25) is 11.0 Å². The number of hydrogen-bond donors (Lipinski definition) is 1. The van der Waals surface area contributed by atoms with E-state index in [-0.39, 0.29) is 5.91 Å². The Labute approximate surface area is 165 Å². The van der Waals surface area contributed by atoms with Crippen molar-refractivity contribution in [3.05, 3.63) is 52.2 Å². The van der Waals surface area contributed by atoms with E-state index in [4.69, 9.17) is 0 Å². The summed E-state index contributed by atoms with van der Waals surface area (Å²) in [5, 5.41) is 14.3. The van der Waals surface area contributed by atoms with Gasteiger partial charge in [-0.25, -0.2) is 0 Å². The number of carbonyl (C=O) groups excluding carboxylic acids is 1. The molecular weight excluding hydrogens is 384 g/mol. The lowest BCUT2D eigenvalue weighted by atomic mass is 10.1. The van der Waals surface area contributed by atoms with Gasteiger partial charge in [0.15, 0.2) is 4.34 Å². The number of aromatic nitrogens is 2. The molecule has 136 valence electrons. The van der Waals surface area contributed by atoms with Crippen LogP contribution in [0.1, 0.15) is 17.4 Å². The Balaban J connectivity index is 1.49. The minimum absolute atomic E-state index is 0.0864. The third kappa shape index (κ3) is 5.30. The quantitative estimate of drug-likeness (QED) is 0.554. The molecule has 2 heterocycles. The maximum Gasteiger partial charge on any atom is 0.233 e. The highest BCUT2D eigenvalue weighted by Crippen LogP contribution is 2.28. The average Bonchev–Trinajstić information content (AvgIpc) is 3.32. The molecule has 0 aliphatic rings. The molecule has 2 aromatic heterocycles. The molecule has 26 heavy (non-hydrogen) atoms. The summed E-state index contributed by atoms with van der Waals surface area (Å²) >= 11 is 4.54. The standard InChI is InChI=1S/C18H20N4OS3/c1-3-13-6-8-14(9-7-13)19-17-20-21-18(26-17)25-12-16(23)22(2)11-15-5-4-10-24-15/h4-10H,3,11-12H2,1-2H3,(H,19,20). The largest absolute Gasteiger partial charge is 0.340 e. The number of benzene rings is 1. The first-order chi connectivity index (χ1) is 12.6. The summed E-state index contributed by atoms with van der Waals surface area (Å²) in [6, 6.07) is 12.3. The summed E-state index contributed by atoms with van der Waals surface area (Å²) in [5.74, 6) is 0.449. The second kappa shape index (κ2) is 9.16. The van der Waals surface area contributed by atoms with Gasteiger partial charge in [-0.15, -0.1) is 21.5 Å². The summed E-state index contributed by atoms with van der Waals surface area (Å²) in [4.78, 5) is 15.2. The second-order valence-electron chi connectivity index (χ2n) is 5.67. The zero-order valence-electron chi connectivity index (χ0n) is 14.6. The number of hydrogen-bond acceptors (Lipinski definition) is 7. The van der Waals surface area contributed by atoms with Crippen LogP contribution in [0.4, 0.5) is 10.8 Å². The first-order valence-electron chi connectivity index (χ1n) is 8.22. The van der Waals surface area contributed by atoms with Crippen molar-refractivity contribution < 1.29 is 4.79 Å². The van der Waals surface area contributed by atoms with E-state index in [1.54, 1.807) is 16.2 Å². The topological polar surface area (TPSA) is 58.1 Å². The third-order valence-electron chi connectivity index (χ3n) is 3.74. The molecule has 0 saturated heterocycles. The molecule has 0 radical (unpaired) electrons. The van der Waals surface area contributed by atoms with Crippen LogP contribution < -0.4 is 5.32 Å². The van der Waals surface area contributed by atoms with E-state index in [9.17, 15) is 4.79 Å². The van der Waals surface area contributed by atoms with Crippen molar-refractivity contribution in [2.24, 2.45) is 0 Å². The van der Waals surface area contributed by atoms with E-state index in [2.05, 4.69) is 34.6 Å². The van der Waals surface area contributed by atoms with Gasteiger partial charge in [-0.3, -0.25) is 4.79 Å². The summed E-state index contributed by atoms with van der Waals surface area (Å²) in [7, 11) is 1.83. The van der Waals surface area contributed by atoms with Crippen LogP contribution >= 0.6 is 34.4 Å². The van der Waals surface area contributed by atoms with E-state index >= 15 is 0 Å². The fourth-order valence-corrected chi connectivity index (χ4v) is 4.69. The van der Waals surface area contributed by atoms with Crippen molar-refractivity contribution >= 4 is 51.2 Å². The fraction of sp³-hybridized carbons (Fsp3) is 0.278. The molecule has 0 spiro atoms. The van der Waals surface area contributed by atoms with E-state index in [1.807, 2.05) is 36.7 Å². The molecule has 0 fully saturated rings. The monoisotopic (exact) mass is 404 g/mol. The number of thioether (sulfide) groups is 1. The number of rotatable bonds is 8. The minimum Gasteiger partial charge on any atom is -0.340 e. The SMILES string of the molecule is CCc1ccc(Nc2nnc(SCC(=O)N(C)Cc3cccs3)s2)cc1. The Morgan fingerprint density at radius 1 is 1.23 bits per heavy atom. The van der Waals surface area contributed by atoms with Crippen LogP contribution in [-0.4, -0.2) is 33.8 Å². The van der Waals surface area contributed by atoms with Gasteiger partial charge in [-0.05, 0) is 35.6 Å². The predicted molar refractivity (Wildman–Crippen MR) is 111 cm³/mol. The number of amides is 1. The van der Waals surface area contributed by atoms with E-state index in [0.29, 0.717) is 12.3 Å². The van der Waals surface area contributed by atoms with Gasteiger partial charge in [0.25, 0.3) is 0 Å². The summed E-state index contributed by atoms with van der Waals surface area (Å²) in [5.41, 5.74) is 2.29. The highest BCUT2D eigenvalue weighted by molar-refractivity contribution is 8.01. The zero-order valence-corrected chi connectivity index (χ0v) is 17.1. The van der Waals surface area contributed by atoms with E-state index in [0.717, 1.165) is 21.6 Å². The van der Waals surface area contributed by atoms with Crippen LogP contribution in [0.5, 0.6) is 0 Å². The average molecular weight is 405 g/mol. The first-order valence-corrected chi connectivity index (χ1v) is 10.9. The van der Waals surface area contributed by atoms with Gasteiger partial charge < -0.3 is 10.2 Å². The van der Waals surface area contributed by atoms with Gasteiger partial charge in [0, 0.05) is 17.6 Å². The maximum atomic E-state index is 12.3. The lowest BCUT2D eigenvalue weighted by Gasteiger charge is -2.15. The van der Waals surface area contributed by atoms with Crippen molar-refractivity contribution in [1.82, 2.24) is 15.1 Å². The lowest BCUT2D eigenvalue weighted by Crippen LogP contribution is -2.27. The molecule has 0 aliphatic carbocycles. The first kappa shape index (κ1) is 18.9. The second-order valence-corrected chi connectivity index (χ2v) is 8.90. The van der Waals surface area contributed by atoms with Crippen LogP contribution in [0.25, 0.3) is 0 Å². The van der Waals surface area contributed by atoms with Crippen molar-refractivity contribution in [2.45, 2.75) is 24.2 Å². The van der Waals surface area contributed by atoms with Gasteiger partial charge in [-0.1, -0.05) is 48.2 Å². The van der Waals surface area contributed by atoms with E-state index in [1.165, 1.54) is 33.5 Å². The number of aryl methyl sites for hydroxylation is 1. The summed E-state index contributed by atoms with van der Waals surface area (Å²) < 4.78 is 0.788. The highest BCUT2D eigenvalue weighted by atomic mass is 32.2. The number of nitrogens with one attached hydrogen (secondary N) is 1. The molecule has 0 bridgehead atoms. The van der Waals surface area contributed by atoms with Gasteiger partial charge >= 0.3 is 0 Å². The van der Waals surface area contributed by atoms with Crippen molar-refractivity contribution in [3.8, 4) is 0 Å². The smallest absolute Gasteiger partial charge is 0.233 e. The number of anilines is 2. The molecule has 3 aromatic rings. The molecule has 8 heteroatoms. The number of carbonyl (C=O) groups is 1. The molecule has 3 rings (SSSR count). The summed E-state index contributed by atoms with van der Waals surface area (Å²) in [6.07, 6.45) is 1.02. The Hall–Kier alpha value is -1.90. The number of thiophene rings is 1. The van der Waals surface area contributed by atoms with Crippen LogP contribution in [0, 0.1) is 0 Å². The van der Waals surface area contributed by atoms with Crippen molar-refractivity contribution in [1.29, 1.82) is 0 Å². The molecule has 1 amide bonds. The van der Waals surface area contributed by atoms with Gasteiger partial charge in [0.1, 0.15) is 0 Å². The molecule has 5 nitrogen and oxygen atoms in total. The normalized spacial score (nSPS) is 10.7. The van der Waals surface area contributed by atoms with Crippen LogP contribution in [0.15, 0.2) is 46.1 Å². The van der Waals surface area contributed by atoms with Crippen LogP contribution in [-0.2, 0) is 17.8 Å². The molecule has 1 N–H and O–H groups in total. The minimum atomic E-state index is 0.0864. The molecule has 1 aromatic carbocycles. The Kier molecular flexibility index (Phi) is 6.65. The molecule has 0 saturated carbocycles. The van der Waals surface area contributed by atoms with Crippen LogP contribution in [0.2, 0.25) is 0 Å². The Morgan fingerprint density at radius 2 is 2.04 bits per heavy atom. The van der Waals surface area contributed by atoms with Crippen LogP contribution in [0.3, 0.4) is 0 Å². The molecule has 0 unspecified atom stereocenters. The Bertz CT molecular complexity index is 831. The Morgan fingerprint density at radius 3 is 2.73 bits per heavy atom. The fourth-order valence-electron chi connectivity index (χ4n) is 2.22. The van der Waals surface area contributed by atoms with Crippen molar-refractivity contribution in [2.75, 3.05) is 18.1 Å². The van der Waals surface area contributed by atoms with E-state index < -0.39 is 0 Å². The van der Waals surface area contributed by atoms with Crippen molar-refractivity contribution in [3.63, 3.8) is 0 Å². The highest BCUT2D eigenvalue weighted by Gasteiger charge is 2.13. The van der Waals surface area contributed by atoms with Gasteiger partial charge in [-0.2, -0.15) is 0 Å².